The maximum Gasteiger partial charge on any atom is 0.253 e. The van der Waals surface area contributed by atoms with Gasteiger partial charge in [-0.05, 0) is 38.0 Å². The molecule has 1 saturated carbocycles. The zero-order valence-electron chi connectivity index (χ0n) is 13.4. The highest BCUT2D eigenvalue weighted by Gasteiger charge is 2.34. The molecule has 2 rings (SSSR count). The first-order valence-electron chi connectivity index (χ1n) is 7.89. The van der Waals surface area contributed by atoms with Crippen LogP contribution in [0.4, 0.5) is 0 Å². The number of hydrogen-bond donors (Lipinski definition) is 2. The molecule has 5 nitrogen and oxygen atoms in total. The third kappa shape index (κ3) is 3.47. The van der Waals surface area contributed by atoms with Gasteiger partial charge in [0.2, 0.25) is 0 Å². The summed E-state index contributed by atoms with van der Waals surface area (Å²) in [6.45, 7) is 3.00. The van der Waals surface area contributed by atoms with Gasteiger partial charge in [-0.3, -0.25) is 9.59 Å². The predicted octanol–water partition coefficient (Wildman–Crippen LogP) is 1.78. The van der Waals surface area contributed by atoms with Crippen molar-refractivity contribution in [2.45, 2.75) is 38.1 Å². The maximum atomic E-state index is 12.5. The van der Waals surface area contributed by atoms with E-state index in [1.807, 2.05) is 6.92 Å². The molecule has 1 aliphatic rings. The van der Waals surface area contributed by atoms with E-state index in [9.17, 15) is 9.59 Å². The van der Waals surface area contributed by atoms with Gasteiger partial charge in [0.1, 0.15) is 0 Å². The summed E-state index contributed by atoms with van der Waals surface area (Å²) < 4.78 is 0. The fraction of sp³-hybridized carbons (Fsp3) is 0.529. The summed E-state index contributed by atoms with van der Waals surface area (Å²) >= 11 is 0. The molecule has 0 aliphatic heterocycles. The summed E-state index contributed by atoms with van der Waals surface area (Å²) in [5, 5.41) is 3.08. The highest BCUT2D eigenvalue weighted by Crippen LogP contribution is 2.29. The molecule has 3 N–H and O–H groups in total. The van der Waals surface area contributed by atoms with Crippen LogP contribution in [0.2, 0.25) is 0 Å². The van der Waals surface area contributed by atoms with E-state index in [1.165, 1.54) is 0 Å². The highest BCUT2D eigenvalue weighted by atomic mass is 16.2. The average molecular weight is 303 g/mol. The Kier molecular flexibility index (Phi) is 5.19. The lowest BCUT2D eigenvalue weighted by Crippen LogP contribution is -2.51. The second-order valence-electron chi connectivity index (χ2n) is 6.05. The van der Waals surface area contributed by atoms with Crippen molar-refractivity contribution >= 4 is 11.8 Å². The molecular formula is C17H25N3O2. The van der Waals surface area contributed by atoms with Gasteiger partial charge in [0, 0.05) is 31.3 Å². The summed E-state index contributed by atoms with van der Waals surface area (Å²) in [6, 6.07) is 6.87. The van der Waals surface area contributed by atoms with Crippen molar-refractivity contribution in [1.82, 2.24) is 10.2 Å². The summed E-state index contributed by atoms with van der Waals surface area (Å²) in [5.41, 5.74) is 6.62. The first-order chi connectivity index (χ1) is 10.5. The number of benzene rings is 1. The molecule has 0 bridgehead atoms. The maximum absolute atomic E-state index is 12.5. The monoisotopic (exact) mass is 303 g/mol. The van der Waals surface area contributed by atoms with Gasteiger partial charge < -0.3 is 16.0 Å². The molecule has 2 amide bonds. The predicted molar refractivity (Wildman–Crippen MR) is 86.8 cm³/mol. The first kappa shape index (κ1) is 16.5. The van der Waals surface area contributed by atoms with Gasteiger partial charge in [-0.2, -0.15) is 0 Å². The van der Waals surface area contributed by atoms with Crippen LogP contribution in [0.3, 0.4) is 0 Å². The van der Waals surface area contributed by atoms with Gasteiger partial charge in [-0.15, -0.1) is 0 Å². The topological polar surface area (TPSA) is 75.4 Å². The molecule has 0 spiro atoms. The zero-order valence-corrected chi connectivity index (χ0v) is 13.4. The van der Waals surface area contributed by atoms with E-state index >= 15 is 0 Å². The van der Waals surface area contributed by atoms with Crippen LogP contribution < -0.4 is 11.1 Å². The molecule has 1 aromatic carbocycles. The number of carbonyl (C=O) groups is 2. The Bertz CT molecular complexity index is 551. The van der Waals surface area contributed by atoms with Gasteiger partial charge >= 0.3 is 0 Å². The van der Waals surface area contributed by atoms with Crippen LogP contribution in [-0.2, 0) is 0 Å². The van der Waals surface area contributed by atoms with Crippen molar-refractivity contribution in [1.29, 1.82) is 0 Å². The van der Waals surface area contributed by atoms with E-state index in [0.29, 0.717) is 24.2 Å². The van der Waals surface area contributed by atoms with Crippen molar-refractivity contribution in [2.75, 3.05) is 20.1 Å². The number of amides is 2. The van der Waals surface area contributed by atoms with Crippen molar-refractivity contribution < 1.29 is 9.59 Å². The fourth-order valence-corrected chi connectivity index (χ4v) is 2.90. The van der Waals surface area contributed by atoms with Gasteiger partial charge in [0.15, 0.2) is 0 Å². The second-order valence-corrected chi connectivity index (χ2v) is 6.05. The molecular weight excluding hydrogens is 278 g/mol. The Morgan fingerprint density at radius 2 is 1.91 bits per heavy atom. The molecule has 1 fully saturated rings. The van der Waals surface area contributed by atoms with Crippen molar-refractivity contribution in [3.63, 3.8) is 0 Å². The molecule has 0 unspecified atom stereocenters. The third-order valence-corrected chi connectivity index (χ3v) is 4.52. The van der Waals surface area contributed by atoms with Crippen LogP contribution >= 0.6 is 0 Å². The summed E-state index contributed by atoms with van der Waals surface area (Å²) in [7, 11) is 1.75. The third-order valence-electron chi connectivity index (χ3n) is 4.52. The Balaban J connectivity index is 2.15. The molecule has 0 heterocycles. The number of nitrogens with two attached hydrogens (primary N) is 1. The van der Waals surface area contributed by atoms with Gasteiger partial charge in [0.25, 0.3) is 11.8 Å². The smallest absolute Gasteiger partial charge is 0.253 e. The van der Waals surface area contributed by atoms with Crippen molar-refractivity contribution in [2.24, 2.45) is 5.73 Å². The first-order valence-corrected chi connectivity index (χ1v) is 7.89. The Morgan fingerprint density at radius 3 is 2.50 bits per heavy atom. The number of nitrogens with one attached hydrogen (secondary N) is 1. The van der Waals surface area contributed by atoms with E-state index in [2.05, 4.69) is 5.32 Å². The Hall–Kier alpha value is -1.88. The molecule has 0 aromatic heterocycles. The number of nitrogens with zero attached hydrogens (tertiary/aromatic N) is 1. The molecule has 1 aliphatic carbocycles. The van der Waals surface area contributed by atoms with Gasteiger partial charge in [0.05, 0.1) is 5.54 Å². The molecule has 5 heteroatoms. The van der Waals surface area contributed by atoms with Crippen LogP contribution in [0.25, 0.3) is 0 Å². The van der Waals surface area contributed by atoms with E-state index in [-0.39, 0.29) is 17.4 Å². The minimum absolute atomic E-state index is 0.0773. The number of carbonyl (C=O) groups excluding carboxylic acids is 2. The van der Waals surface area contributed by atoms with Crippen molar-refractivity contribution in [3.8, 4) is 0 Å². The molecule has 0 saturated heterocycles. The van der Waals surface area contributed by atoms with Crippen LogP contribution in [0.1, 0.15) is 53.3 Å². The van der Waals surface area contributed by atoms with Gasteiger partial charge in [-0.1, -0.05) is 18.9 Å². The zero-order chi connectivity index (χ0) is 16.2. The lowest BCUT2D eigenvalue weighted by molar-refractivity contribution is 0.0802. The number of hydrogen-bond acceptors (Lipinski definition) is 3. The van der Waals surface area contributed by atoms with Crippen LogP contribution in [0, 0.1) is 0 Å². The summed E-state index contributed by atoms with van der Waals surface area (Å²) in [4.78, 5) is 26.3. The van der Waals surface area contributed by atoms with Crippen LogP contribution in [0.5, 0.6) is 0 Å². The highest BCUT2D eigenvalue weighted by molar-refractivity contribution is 5.99. The fourth-order valence-electron chi connectivity index (χ4n) is 2.90. The Morgan fingerprint density at radius 1 is 1.27 bits per heavy atom. The van der Waals surface area contributed by atoms with Crippen LogP contribution in [-0.4, -0.2) is 42.4 Å². The number of rotatable bonds is 5. The molecule has 1 aromatic rings. The summed E-state index contributed by atoms with van der Waals surface area (Å²) in [5.74, 6) is -0.229. The lowest BCUT2D eigenvalue weighted by Gasteiger charge is -2.28. The average Bonchev–Trinajstić information content (AvgIpc) is 3.02. The minimum Gasteiger partial charge on any atom is -0.345 e. The molecule has 0 radical (unpaired) electrons. The largest absolute Gasteiger partial charge is 0.345 e. The summed E-state index contributed by atoms with van der Waals surface area (Å²) in [6.07, 6.45) is 4.04. The lowest BCUT2D eigenvalue weighted by atomic mass is 9.97. The molecule has 120 valence electrons. The van der Waals surface area contributed by atoms with Gasteiger partial charge in [-0.25, -0.2) is 0 Å². The van der Waals surface area contributed by atoms with E-state index in [1.54, 1.807) is 36.2 Å². The normalized spacial score (nSPS) is 16.3. The SMILES string of the molecule is CCN(C)C(=O)c1cccc(C(=O)NC2(CN)CCCC2)c1. The quantitative estimate of drug-likeness (QED) is 0.870. The van der Waals surface area contributed by atoms with E-state index < -0.39 is 0 Å². The Labute approximate surface area is 131 Å². The molecule has 0 atom stereocenters. The van der Waals surface area contributed by atoms with Crippen LogP contribution in [0.15, 0.2) is 24.3 Å². The minimum atomic E-state index is -0.280. The van der Waals surface area contributed by atoms with E-state index in [0.717, 1.165) is 25.7 Å². The second kappa shape index (κ2) is 6.92. The van der Waals surface area contributed by atoms with E-state index in [4.69, 9.17) is 5.73 Å². The molecule has 22 heavy (non-hydrogen) atoms. The standard InChI is InChI=1S/C17H25N3O2/c1-3-20(2)16(22)14-8-6-7-13(11-14)15(21)19-17(12-18)9-4-5-10-17/h6-8,11H,3-5,9-10,12,18H2,1-2H3,(H,19,21). The van der Waals surface area contributed by atoms with Crippen molar-refractivity contribution in [3.05, 3.63) is 35.4 Å².